The number of fused-ring (bicyclic) bond motifs is 4. The fraction of sp³-hybridized carbons (Fsp3) is 0.341. The first-order valence-corrected chi connectivity index (χ1v) is 19.1. The van der Waals surface area contributed by atoms with Crippen molar-refractivity contribution >= 4 is 23.9 Å². The number of hydrogen-bond donors (Lipinski definition) is 5. The Labute approximate surface area is 329 Å². The SMILES string of the molecule is CC(O)C(NC(=O)C12CC3OC(=O)C1N(Cc1cccc(C=CCc4ccccc4O)c1)OC2C1OC(c2ccccc2)(c2ccccc2)OC31)C(=O)NCCO. The normalized spacial score (nSPS) is 27.0. The van der Waals surface area contributed by atoms with Crippen LogP contribution in [0.4, 0.5) is 0 Å². The van der Waals surface area contributed by atoms with Gasteiger partial charge >= 0.3 is 5.97 Å². The van der Waals surface area contributed by atoms with Gasteiger partial charge < -0.3 is 40.2 Å². The second kappa shape index (κ2) is 15.9. The molecule has 4 aliphatic rings. The maximum atomic E-state index is 14.9. The zero-order valence-corrected chi connectivity index (χ0v) is 31.3. The van der Waals surface area contributed by atoms with Crippen LogP contribution in [-0.4, -0.2) is 93.9 Å². The zero-order chi connectivity index (χ0) is 39.7. The lowest BCUT2D eigenvalue weighted by atomic mass is 9.62. The van der Waals surface area contributed by atoms with E-state index in [9.17, 15) is 29.7 Å². The minimum atomic E-state index is -1.65. The molecule has 0 spiro atoms. The molecule has 4 aromatic carbocycles. The highest BCUT2D eigenvalue weighted by atomic mass is 16.8. The Balaban J connectivity index is 1.16. The summed E-state index contributed by atoms with van der Waals surface area (Å²) in [4.78, 5) is 49.2. The smallest absolute Gasteiger partial charge is 0.327 e. The van der Waals surface area contributed by atoms with E-state index in [1.54, 1.807) is 12.1 Å². The molecular formula is C44H45N3O10. The topological polar surface area (TPSA) is 176 Å². The van der Waals surface area contributed by atoms with Crippen LogP contribution in [0, 0.1) is 5.41 Å². The third-order valence-electron chi connectivity index (χ3n) is 11.3. The number of nitrogens with zero attached hydrogens (tertiary/aromatic N) is 1. The quantitative estimate of drug-likeness (QED) is 0.126. The van der Waals surface area contributed by atoms with Crippen molar-refractivity contribution in [2.24, 2.45) is 5.41 Å². The number of esters is 1. The molecule has 3 aliphatic heterocycles. The molecule has 296 valence electrons. The third-order valence-corrected chi connectivity index (χ3v) is 11.3. The molecule has 3 heterocycles. The van der Waals surface area contributed by atoms with Gasteiger partial charge in [-0.05, 0) is 36.1 Å². The Hall–Kier alpha value is -5.41. The van der Waals surface area contributed by atoms with Gasteiger partial charge in [0.15, 0.2) is 6.04 Å². The lowest BCUT2D eigenvalue weighted by Gasteiger charge is -2.49. The lowest BCUT2D eigenvalue weighted by molar-refractivity contribution is -0.213. The number of hydroxylamine groups is 2. The van der Waals surface area contributed by atoms with Gasteiger partial charge in [0.05, 0.1) is 19.3 Å². The van der Waals surface area contributed by atoms with Crippen molar-refractivity contribution in [1.82, 2.24) is 15.7 Å². The third kappa shape index (κ3) is 7.00. The molecule has 5 N–H and O–H groups in total. The number of amides is 2. The number of carbonyl (C=O) groups excluding carboxylic acids is 3. The van der Waals surface area contributed by atoms with E-state index < -0.39 is 71.6 Å². The van der Waals surface area contributed by atoms with Crippen molar-refractivity contribution in [3.8, 4) is 5.75 Å². The Kier molecular flexibility index (Phi) is 10.7. The molecule has 8 atom stereocenters. The predicted molar refractivity (Wildman–Crippen MR) is 206 cm³/mol. The van der Waals surface area contributed by atoms with Crippen molar-refractivity contribution < 1.29 is 48.8 Å². The minimum absolute atomic E-state index is 0.0134. The van der Waals surface area contributed by atoms with Crippen LogP contribution in [0.3, 0.4) is 0 Å². The first-order chi connectivity index (χ1) is 27.6. The molecule has 8 rings (SSSR count). The molecule has 3 saturated heterocycles. The number of carbonyl (C=O) groups is 3. The van der Waals surface area contributed by atoms with Gasteiger partial charge in [-0.15, -0.1) is 0 Å². The minimum Gasteiger partial charge on any atom is -0.508 e. The summed E-state index contributed by atoms with van der Waals surface area (Å²) in [6, 6.07) is 30.9. The number of para-hydroxylation sites is 1. The highest BCUT2D eigenvalue weighted by molar-refractivity contribution is 5.96. The first-order valence-electron chi connectivity index (χ1n) is 19.1. The van der Waals surface area contributed by atoms with Crippen molar-refractivity contribution in [1.29, 1.82) is 0 Å². The molecular weight excluding hydrogens is 730 g/mol. The predicted octanol–water partition coefficient (Wildman–Crippen LogP) is 3.11. The number of aliphatic hydroxyl groups is 2. The fourth-order valence-electron chi connectivity index (χ4n) is 8.64. The van der Waals surface area contributed by atoms with E-state index in [1.165, 1.54) is 12.0 Å². The van der Waals surface area contributed by atoms with Gasteiger partial charge in [-0.2, -0.15) is 5.06 Å². The van der Waals surface area contributed by atoms with Gasteiger partial charge in [-0.3, -0.25) is 19.2 Å². The molecule has 0 radical (unpaired) electrons. The second-order valence-corrected chi connectivity index (χ2v) is 14.9. The summed E-state index contributed by atoms with van der Waals surface area (Å²) >= 11 is 0. The molecule has 13 nitrogen and oxygen atoms in total. The van der Waals surface area contributed by atoms with Crippen LogP contribution < -0.4 is 10.6 Å². The number of aliphatic hydroxyl groups excluding tert-OH is 2. The van der Waals surface area contributed by atoms with Gasteiger partial charge in [-0.1, -0.05) is 115 Å². The number of nitrogens with one attached hydrogen (secondary N) is 2. The van der Waals surface area contributed by atoms with Gasteiger partial charge in [0.25, 0.3) is 0 Å². The van der Waals surface area contributed by atoms with Crippen LogP contribution in [0.5, 0.6) is 5.75 Å². The van der Waals surface area contributed by atoms with Crippen LogP contribution in [0.1, 0.15) is 41.2 Å². The highest BCUT2D eigenvalue weighted by Gasteiger charge is 2.76. The van der Waals surface area contributed by atoms with Crippen molar-refractivity contribution in [2.75, 3.05) is 13.2 Å². The number of hydrogen-bond acceptors (Lipinski definition) is 11. The van der Waals surface area contributed by atoms with E-state index in [0.717, 1.165) is 16.7 Å². The second-order valence-electron chi connectivity index (χ2n) is 14.9. The number of allylic oxidation sites excluding steroid dienone is 1. The number of rotatable bonds is 13. The molecule has 57 heavy (non-hydrogen) atoms. The summed E-state index contributed by atoms with van der Waals surface area (Å²) in [5, 5.41) is 36.9. The average Bonchev–Trinajstić information content (AvgIpc) is 3.80. The zero-order valence-electron chi connectivity index (χ0n) is 31.3. The summed E-state index contributed by atoms with van der Waals surface area (Å²) in [7, 11) is 0. The lowest BCUT2D eigenvalue weighted by Crippen LogP contribution is -2.71. The largest absolute Gasteiger partial charge is 0.508 e. The number of aromatic hydroxyl groups is 1. The summed E-state index contributed by atoms with van der Waals surface area (Å²) in [6.07, 6.45) is -0.735. The van der Waals surface area contributed by atoms with Crippen molar-refractivity contribution in [3.05, 3.63) is 143 Å². The van der Waals surface area contributed by atoms with E-state index in [1.807, 2.05) is 109 Å². The van der Waals surface area contributed by atoms with E-state index >= 15 is 0 Å². The molecule has 1 aliphatic carbocycles. The average molecular weight is 776 g/mol. The van der Waals surface area contributed by atoms with E-state index in [2.05, 4.69) is 10.6 Å². The van der Waals surface area contributed by atoms with E-state index in [-0.39, 0.29) is 31.9 Å². The van der Waals surface area contributed by atoms with Gasteiger partial charge in [-0.25, -0.2) is 0 Å². The Morgan fingerprint density at radius 3 is 2.30 bits per heavy atom. The Morgan fingerprint density at radius 2 is 1.61 bits per heavy atom. The van der Waals surface area contributed by atoms with Crippen molar-refractivity contribution in [2.45, 2.75) is 74.7 Å². The van der Waals surface area contributed by atoms with Gasteiger partial charge in [0.2, 0.25) is 17.6 Å². The van der Waals surface area contributed by atoms with Gasteiger partial charge in [0.1, 0.15) is 41.6 Å². The summed E-state index contributed by atoms with van der Waals surface area (Å²) in [5.41, 5.74) is 2.18. The Morgan fingerprint density at radius 1 is 0.930 bits per heavy atom. The molecule has 4 aromatic rings. The van der Waals surface area contributed by atoms with Crippen molar-refractivity contribution in [3.63, 3.8) is 0 Å². The summed E-state index contributed by atoms with van der Waals surface area (Å²) in [6.45, 7) is 1.03. The van der Waals surface area contributed by atoms with Crippen LogP contribution >= 0.6 is 0 Å². The highest BCUT2D eigenvalue weighted by Crippen LogP contribution is 2.59. The first kappa shape index (κ1) is 38.5. The maximum absolute atomic E-state index is 14.9. The molecule has 2 amide bonds. The number of ether oxygens (including phenoxy) is 3. The van der Waals surface area contributed by atoms with Crippen LogP contribution in [0.2, 0.25) is 0 Å². The molecule has 2 bridgehead atoms. The number of phenols is 1. The monoisotopic (exact) mass is 775 g/mol. The summed E-state index contributed by atoms with van der Waals surface area (Å²) < 4.78 is 20.1. The Bertz CT molecular complexity index is 2090. The number of phenolic OH excluding ortho intramolecular Hbond substituents is 1. The van der Waals surface area contributed by atoms with Crippen LogP contribution in [0.25, 0.3) is 6.08 Å². The standard InChI is InChI=1S/C44H45N3O10/c1-27(49)35(40(51)45-22-23-48)46-42(53)43-25-34-36-37(56-44(55-36,31-17-4-2-5-18-31)32-19-6-3-7-20-32)39(43)57-47(38(43)41(52)54-34)26-29-14-10-12-28(24-29)13-11-16-30-15-8-9-21-33(30)50/h2-15,17-21,24,27,34-39,48-50H,16,22-23,25-26H2,1H3,(H,45,51)(H,46,53). The van der Waals surface area contributed by atoms with E-state index in [4.69, 9.17) is 19.0 Å². The maximum Gasteiger partial charge on any atom is 0.327 e. The van der Waals surface area contributed by atoms with Crippen LogP contribution in [-0.2, 0) is 52.2 Å². The molecule has 4 fully saturated rings. The van der Waals surface area contributed by atoms with E-state index in [0.29, 0.717) is 17.5 Å². The summed E-state index contributed by atoms with van der Waals surface area (Å²) in [5.74, 6) is -3.31. The molecule has 8 unspecified atom stereocenters. The molecule has 0 aromatic heterocycles. The number of benzene rings is 4. The van der Waals surface area contributed by atoms with Gasteiger partial charge in [0, 0.05) is 24.1 Å². The van der Waals surface area contributed by atoms with Crippen LogP contribution in [0.15, 0.2) is 115 Å². The molecule has 13 heteroatoms. The molecule has 1 saturated carbocycles. The fourth-order valence-corrected chi connectivity index (χ4v) is 8.64.